The summed E-state index contributed by atoms with van der Waals surface area (Å²) >= 11 is 0. The van der Waals surface area contributed by atoms with Crippen LogP contribution in [0, 0.1) is 0 Å². The van der Waals surface area contributed by atoms with Crippen molar-refractivity contribution in [3.63, 3.8) is 0 Å². The molecule has 1 heterocycles. The standard InChI is InChI=1S/C20H33N5O.HI/c1-5-19(26)25-12-11-18(15-25)23-20(21-6-2)22-13-16-7-9-17(10-8-16)14-24(3)4;/h7-10,18H,5-6,11-15H2,1-4H3,(H2,21,22,23);1H. The van der Waals surface area contributed by atoms with Crippen molar-refractivity contribution >= 4 is 35.8 Å². The minimum atomic E-state index is 0. The first-order valence-corrected chi connectivity index (χ1v) is 9.57. The van der Waals surface area contributed by atoms with E-state index in [4.69, 9.17) is 4.99 Å². The van der Waals surface area contributed by atoms with Crippen molar-refractivity contribution in [1.29, 1.82) is 0 Å². The Balaban J connectivity index is 0.00000364. The Hall–Kier alpha value is -1.35. The van der Waals surface area contributed by atoms with Gasteiger partial charge >= 0.3 is 0 Å². The first-order chi connectivity index (χ1) is 12.5. The molecule has 0 saturated carbocycles. The molecular weight excluding hydrogens is 453 g/mol. The van der Waals surface area contributed by atoms with Crippen molar-refractivity contribution < 1.29 is 4.79 Å². The highest BCUT2D eigenvalue weighted by Crippen LogP contribution is 2.11. The number of guanidine groups is 1. The molecule has 0 radical (unpaired) electrons. The van der Waals surface area contributed by atoms with Gasteiger partial charge in [-0.1, -0.05) is 31.2 Å². The summed E-state index contributed by atoms with van der Waals surface area (Å²) in [6.45, 7) is 7.98. The first-order valence-electron chi connectivity index (χ1n) is 9.57. The largest absolute Gasteiger partial charge is 0.357 e. The maximum atomic E-state index is 11.8. The van der Waals surface area contributed by atoms with E-state index >= 15 is 0 Å². The number of rotatable bonds is 7. The molecule has 1 aromatic rings. The van der Waals surface area contributed by atoms with Crippen LogP contribution < -0.4 is 10.6 Å². The lowest BCUT2D eigenvalue weighted by Crippen LogP contribution is -2.45. The van der Waals surface area contributed by atoms with E-state index in [2.05, 4.69) is 60.8 Å². The summed E-state index contributed by atoms with van der Waals surface area (Å²) in [5.74, 6) is 1.05. The Morgan fingerprint density at radius 1 is 1.22 bits per heavy atom. The fourth-order valence-corrected chi connectivity index (χ4v) is 3.13. The Morgan fingerprint density at radius 2 is 1.89 bits per heavy atom. The lowest BCUT2D eigenvalue weighted by molar-refractivity contribution is -0.129. The summed E-state index contributed by atoms with van der Waals surface area (Å²) < 4.78 is 0. The van der Waals surface area contributed by atoms with Gasteiger partial charge < -0.3 is 20.4 Å². The van der Waals surface area contributed by atoms with E-state index in [9.17, 15) is 4.79 Å². The number of nitrogens with zero attached hydrogens (tertiary/aromatic N) is 3. The van der Waals surface area contributed by atoms with Crippen LogP contribution in [0.25, 0.3) is 0 Å². The number of hydrogen-bond donors (Lipinski definition) is 2. The third kappa shape index (κ3) is 8.04. The van der Waals surface area contributed by atoms with Crippen LogP contribution in [0.1, 0.15) is 37.8 Å². The van der Waals surface area contributed by atoms with E-state index in [0.29, 0.717) is 13.0 Å². The predicted octanol–water partition coefficient (Wildman–Crippen LogP) is 2.43. The molecule has 152 valence electrons. The van der Waals surface area contributed by atoms with Crippen LogP contribution in [0.5, 0.6) is 0 Å². The van der Waals surface area contributed by atoms with Crippen LogP contribution in [-0.2, 0) is 17.9 Å². The van der Waals surface area contributed by atoms with Gasteiger partial charge in [-0.15, -0.1) is 24.0 Å². The van der Waals surface area contributed by atoms with Crippen LogP contribution in [0.4, 0.5) is 0 Å². The van der Waals surface area contributed by atoms with Gasteiger partial charge in [0.1, 0.15) is 0 Å². The molecule has 0 spiro atoms. The van der Waals surface area contributed by atoms with Gasteiger partial charge in [0.2, 0.25) is 5.91 Å². The molecular formula is C20H34IN5O. The zero-order valence-corrected chi connectivity index (χ0v) is 19.3. The van der Waals surface area contributed by atoms with Gasteiger partial charge in [0.25, 0.3) is 0 Å². The predicted molar refractivity (Wildman–Crippen MR) is 122 cm³/mol. The van der Waals surface area contributed by atoms with E-state index in [1.54, 1.807) is 0 Å². The third-order valence-corrected chi connectivity index (χ3v) is 4.47. The number of amides is 1. The van der Waals surface area contributed by atoms with Crippen LogP contribution in [0.2, 0.25) is 0 Å². The number of hydrogen-bond acceptors (Lipinski definition) is 3. The van der Waals surface area contributed by atoms with Crippen LogP contribution in [0.3, 0.4) is 0 Å². The van der Waals surface area contributed by atoms with Gasteiger partial charge in [-0.2, -0.15) is 0 Å². The molecule has 1 amide bonds. The lowest BCUT2D eigenvalue weighted by atomic mass is 10.1. The van der Waals surface area contributed by atoms with Gasteiger partial charge in [0.05, 0.1) is 6.54 Å². The first kappa shape index (κ1) is 23.7. The Kier molecular flexibility index (Phi) is 10.7. The Bertz CT molecular complexity index is 603. The van der Waals surface area contributed by atoms with Crippen molar-refractivity contribution in [2.75, 3.05) is 33.7 Å². The monoisotopic (exact) mass is 487 g/mol. The zero-order chi connectivity index (χ0) is 18.9. The SMILES string of the molecule is CCNC(=NCc1ccc(CN(C)C)cc1)NC1CCN(C(=O)CC)C1.I. The summed E-state index contributed by atoms with van der Waals surface area (Å²) in [5.41, 5.74) is 2.50. The van der Waals surface area contributed by atoms with Crippen LogP contribution >= 0.6 is 24.0 Å². The average Bonchev–Trinajstić information content (AvgIpc) is 3.08. The molecule has 0 aliphatic carbocycles. The molecule has 7 heteroatoms. The van der Waals surface area contributed by atoms with Gasteiger partial charge in [-0.05, 0) is 38.6 Å². The minimum absolute atomic E-state index is 0. The summed E-state index contributed by atoms with van der Waals surface area (Å²) in [6, 6.07) is 8.88. The lowest BCUT2D eigenvalue weighted by Gasteiger charge is -2.18. The summed E-state index contributed by atoms with van der Waals surface area (Å²) in [4.78, 5) is 20.6. The molecule has 1 saturated heterocycles. The van der Waals surface area contributed by atoms with Crippen LogP contribution in [0.15, 0.2) is 29.3 Å². The number of likely N-dealkylation sites (tertiary alicyclic amines) is 1. The second kappa shape index (κ2) is 12.2. The molecule has 1 atom stereocenters. The molecule has 1 aliphatic rings. The Morgan fingerprint density at radius 3 is 2.48 bits per heavy atom. The zero-order valence-electron chi connectivity index (χ0n) is 17.0. The van der Waals surface area contributed by atoms with Crippen molar-refractivity contribution in [1.82, 2.24) is 20.4 Å². The van der Waals surface area contributed by atoms with Gasteiger partial charge in [-0.3, -0.25) is 4.79 Å². The van der Waals surface area contributed by atoms with E-state index < -0.39 is 0 Å². The van der Waals surface area contributed by atoms with Gasteiger partial charge in [0, 0.05) is 38.6 Å². The smallest absolute Gasteiger partial charge is 0.222 e. The van der Waals surface area contributed by atoms with Gasteiger partial charge in [-0.25, -0.2) is 4.99 Å². The molecule has 1 aromatic carbocycles. The highest BCUT2D eigenvalue weighted by molar-refractivity contribution is 14.0. The van der Waals surface area contributed by atoms with Crippen molar-refractivity contribution in [3.8, 4) is 0 Å². The number of carbonyl (C=O) groups is 1. The number of halogens is 1. The number of aliphatic imine (C=N–C) groups is 1. The number of carbonyl (C=O) groups excluding carboxylic acids is 1. The average molecular weight is 487 g/mol. The molecule has 6 nitrogen and oxygen atoms in total. The molecule has 27 heavy (non-hydrogen) atoms. The maximum Gasteiger partial charge on any atom is 0.222 e. The maximum absolute atomic E-state index is 11.8. The van der Waals surface area contributed by atoms with E-state index in [-0.39, 0.29) is 35.9 Å². The number of benzene rings is 1. The van der Waals surface area contributed by atoms with Gasteiger partial charge in [0.15, 0.2) is 5.96 Å². The quantitative estimate of drug-likeness (QED) is 0.353. The van der Waals surface area contributed by atoms with E-state index in [1.807, 2.05) is 11.8 Å². The normalized spacial score (nSPS) is 17.0. The highest BCUT2D eigenvalue weighted by Gasteiger charge is 2.25. The molecule has 0 bridgehead atoms. The molecule has 1 fully saturated rings. The second-order valence-corrected chi connectivity index (χ2v) is 7.07. The number of nitrogens with one attached hydrogen (secondary N) is 2. The fourth-order valence-electron chi connectivity index (χ4n) is 3.13. The van der Waals surface area contributed by atoms with Crippen molar-refractivity contribution in [2.45, 2.75) is 45.8 Å². The highest BCUT2D eigenvalue weighted by atomic mass is 127. The Labute approximate surface area is 180 Å². The summed E-state index contributed by atoms with van der Waals surface area (Å²) in [6.07, 6.45) is 1.54. The molecule has 2 N–H and O–H groups in total. The van der Waals surface area contributed by atoms with Crippen molar-refractivity contribution in [3.05, 3.63) is 35.4 Å². The summed E-state index contributed by atoms with van der Waals surface area (Å²) in [5, 5.41) is 6.78. The molecule has 1 unspecified atom stereocenters. The van der Waals surface area contributed by atoms with Crippen LogP contribution in [-0.4, -0.2) is 61.4 Å². The topological polar surface area (TPSA) is 60.0 Å². The second-order valence-electron chi connectivity index (χ2n) is 7.07. The molecule has 0 aromatic heterocycles. The third-order valence-electron chi connectivity index (χ3n) is 4.47. The van der Waals surface area contributed by atoms with E-state index in [1.165, 1.54) is 11.1 Å². The summed E-state index contributed by atoms with van der Waals surface area (Å²) in [7, 11) is 4.15. The van der Waals surface area contributed by atoms with Crippen molar-refractivity contribution in [2.24, 2.45) is 4.99 Å². The molecule has 1 aliphatic heterocycles. The fraction of sp³-hybridized carbons (Fsp3) is 0.600. The minimum Gasteiger partial charge on any atom is -0.357 e. The molecule has 2 rings (SSSR count). The van der Waals surface area contributed by atoms with E-state index in [0.717, 1.165) is 38.6 Å².